The van der Waals surface area contributed by atoms with Crippen molar-refractivity contribution in [2.45, 2.75) is 6.42 Å². The van der Waals surface area contributed by atoms with Gasteiger partial charge in [0.1, 0.15) is 18.0 Å². The molecule has 10 heteroatoms. The Balaban J connectivity index is 1.62. The van der Waals surface area contributed by atoms with E-state index < -0.39 is 5.82 Å². The second-order valence-corrected chi connectivity index (χ2v) is 8.03. The molecule has 1 fully saturated rings. The molecule has 0 aliphatic carbocycles. The number of likely N-dealkylation sites (N-methyl/N-ethyl adjacent to an activating group) is 1. The zero-order valence-electron chi connectivity index (χ0n) is 17.0. The normalized spacial score (nSPS) is 15.3. The van der Waals surface area contributed by atoms with Gasteiger partial charge in [-0.2, -0.15) is 0 Å². The molecule has 1 saturated heterocycles. The van der Waals surface area contributed by atoms with Gasteiger partial charge in [0.05, 0.1) is 15.5 Å². The quantitative estimate of drug-likeness (QED) is 0.456. The van der Waals surface area contributed by atoms with Crippen molar-refractivity contribution in [3.8, 4) is 0 Å². The van der Waals surface area contributed by atoms with Gasteiger partial charge in [0.2, 0.25) is 0 Å². The van der Waals surface area contributed by atoms with Crippen molar-refractivity contribution in [3.63, 3.8) is 0 Å². The molecule has 0 radical (unpaired) electrons. The molecule has 1 N–H and O–H groups in total. The number of rotatable bonds is 6. The highest BCUT2D eigenvalue weighted by Gasteiger charge is 2.20. The number of fused-ring (bicyclic) bond motifs is 1. The summed E-state index contributed by atoms with van der Waals surface area (Å²) in [5.41, 5.74) is 1.81. The van der Waals surface area contributed by atoms with E-state index in [2.05, 4.69) is 32.1 Å². The monoisotopic (exact) mass is 444 g/mol. The minimum absolute atomic E-state index is 0.0273. The number of piperazine rings is 1. The molecule has 0 saturated carbocycles. The number of nitro groups is 1. The van der Waals surface area contributed by atoms with E-state index in [0.717, 1.165) is 32.7 Å². The Labute approximate surface area is 183 Å². The van der Waals surface area contributed by atoms with E-state index >= 15 is 0 Å². The average molecular weight is 445 g/mol. The fraction of sp³-hybridized carbons (Fsp3) is 0.333. The fourth-order valence-corrected chi connectivity index (χ4v) is 3.85. The first kappa shape index (κ1) is 21.4. The highest BCUT2D eigenvalue weighted by Crippen LogP contribution is 2.31. The first-order valence-corrected chi connectivity index (χ1v) is 10.3. The minimum Gasteiger partial charge on any atom is -0.340 e. The lowest BCUT2D eigenvalue weighted by atomic mass is 10.1. The van der Waals surface area contributed by atoms with Crippen LogP contribution in [0, 0.1) is 15.9 Å². The molecule has 1 aliphatic rings. The van der Waals surface area contributed by atoms with Gasteiger partial charge in [-0.1, -0.05) is 11.6 Å². The average Bonchev–Trinajstić information content (AvgIpc) is 2.75. The molecule has 3 aromatic rings. The Kier molecular flexibility index (Phi) is 6.26. The predicted octanol–water partition coefficient (Wildman–Crippen LogP) is 3.86. The Bertz CT molecular complexity index is 1120. The molecule has 0 atom stereocenters. The van der Waals surface area contributed by atoms with Crippen LogP contribution in [0.1, 0.15) is 5.56 Å². The number of nitro benzene ring substituents is 1. The Morgan fingerprint density at radius 1 is 1.19 bits per heavy atom. The first-order chi connectivity index (χ1) is 14.9. The summed E-state index contributed by atoms with van der Waals surface area (Å²) >= 11 is 5.85. The Morgan fingerprint density at radius 2 is 1.97 bits per heavy atom. The van der Waals surface area contributed by atoms with Gasteiger partial charge >= 0.3 is 0 Å². The van der Waals surface area contributed by atoms with Gasteiger partial charge in [-0.05, 0) is 37.7 Å². The summed E-state index contributed by atoms with van der Waals surface area (Å²) in [5, 5.41) is 15.3. The van der Waals surface area contributed by atoms with Crippen LogP contribution in [0.5, 0.6) is 0 Å². The number of halogens is 2. The van der Waals surface area contributed by atoms with Crippen LogP contribution in [0.25, 0.3) is 10.9 Å². The Morgan fingerprint density at radius 3 is 2.68 bits per heavy atom. The summed E-state index contributed by atoms with van der Waals surface area (Å²) in [4.78, 5) is 24.5. The summed E-state index contributed by atoms with van der Waals surface area (Å²) in [5.74, 6) is -0.137. The van der Waals surface area contributed by atoms with Crippen LogP contribution in [0.3, 0.4) is 0 Å². The van der Waals surface area contributed by atoms with Crippen molar-refractivity contribution in [2.24, 2.45) is 0 Å². The second kappa shape index (κ2) is 9.09. The fourth-order valence-electron chi connectivity index (χ4n) is 3.67. The lowest BCUT2D eigenvalue weighted by molar-refractivity contribution is -0.385. The van der Waals surface area contributed by atoms with E-state index in [9.17, 15) is 14.5 Å². The molecule has 2 aromatic carbocycles. The van der Waals surface area contributed by atoms with Crippen molar-refractivity contribution >= 4 is 39.7 Å². The summed E-state index contributed by atoms with van der Waals surface area (Å²) in [6.07, 6.45) is 1.96. The summed E-state index contributed by atoms with van der Waals surface area (Å²) in [7, 11) is 2.09. The molecule has 0 amide bonds. The van der Waals surface area contributed by atoms with E-state index in [1.54, 1.807) is 6.07 Å². The minimum atomic E-state index is -0.527. The van der Waals surface area contributed by atoms with Gasteiger partial charge in [0, 0.05) is 55.4 Å². The zero-order valence-corrected chi connectivity index (χ0v) is 17.8. The number of hydrogen-bond donors (Lipinski definition) is 1. The van der Waals surface area contributed by atoms with Crippen molar-refractivity contribution in [2.75, 3.05) is 45.1 Å². The largest absolute Gasteiger partial charge is 0.340 e. The standard InChI is InChI=1S/C21H22ClFN6O2/c1-27-6-8-28(9-7-27)5-4-14-10-19-16(12-20(14)29(30)31)21(25-13-24-19)26-15-2-3-18(23)17(22)11-15/h2-3,10-13H,4-9H2,1H3,(H,24,25,26). The van der Waals surface area contributed by atoms with E-state index in [4.69, 9.17) is 11.6 Å². The van der Waals surface area contributed by atoms with E-state index in [0.29, 0.717) is 34.4 Å². The lowest BCUT2D eigenvalue weighted by Crippen LogP contribution is -2.45. The summed E-state index contributed by atoms with van der Waals surface area (Å²) in [6, 6.07) is 7.46. The maximum atomic E-state index is 13.4. The maximum Gasteiger partial charge on any atom is 0.273 e. The molecule has 0 spiro atoms. The third-order valence-electron chi connectivity index (χ3n) is 5.51. The third kappa shape index (κ3) is 4.90. The molecular formula is C21H22ClFN6O2. The van der Waals surface area contributed by atoms with Crippen molar-refractivity contribution in [3.05, 3.63) is 63.2 Å². The summed E-state index contributed by atoms with van der Waals surface area (Å²) in [6.45, 7) is 4.65. The molecule has 1 aliphatic heterocycles. The molecule has 4 rings (SSSR count). The molecule has 1 aromatic heterocycles. The molecule has 162 valence electrons. The molecule has 0 bridgehead atoms. The predicted molar refractivity (Wildman–Crippen MR) is 119 cm³/mol. The molecular weight excluding hydrogens is 423 g/mol. The van der Waals surface area contributed by atoms with E-state index in [1.165, 1.54) is 30.6 Å². The van der Waals surface area contributed by atoms with Crippen LogP contribution < -0.4 is 5.32 Å². The topological polar surface area (TPSA) is 87.4 Å². The van der Waals surface area contributed by atoms with Crippen LogP contribution in [-0.2, 0) is 6.42 Å². The van der Waals surface area contributed by atoms with Gasteiger partial charge in [0.25, 0.3) is 5.69 Å². The van der Waals surface area contributed by atoms with Gasteiger partial charge in [0.15, 0.2) is 0 Å². The number of nitrogens with zero attached hydrogens (tertiary/aromatic N) is 5. The molecule has 8 nitrogen and oxygen atoms in total. The number of aromatic nitrogens is 2. The van der Waals surface area contributed by atoms with Crippen LogP contribution in [0.2, 0.25) is 5.02 Å². The first-order valence-electron chi connectivity index (χ1n) is 9.95. The van der Waals surface area contributed by atoms with E-state index in [1.807, 2.05) is 0 Å². The Hall–Kier alpha value is -2.88. The number of nitrogens with one attached hydrogen (secondary N) is 1. The van der Waals surface area contributed by atoms with Gasteiger partial charge in [-0.15, -0.1) is 0 Å². The molecule has 2 heterocycles. The van der Waals surface area contributed by atoms with Crippen molar-refractivity contribution < 1.29 is 9.31 Å². The number of hydrogen-bond acceptors (Lipinski definition) is 7. The number of benzene rings is 2. The highest BCUT2D eigenvalue weighted by atomic mass is 35.5. The SMILES string of the molecule is CN1CCN(CCc2cc3ncnc(Nc4ccc(F)c(Cl)c4)c3cc2[N+](=O)[O-])CC1. The summed E-state index contributed by atoms with van der Waals surface area (Å²) < 4.78 is 13.4. The maximum absolute atomic E-state index is 13.4. The van der Waals surface area contributed by atoms with Crippen molar-refractivity contribution in [1.29, 1.82) is 0 Å². The van der Waals surface area contributed by atoms with Crippen LogP contribution in [-0.4, -0.2) is 64.5 Å². The van der Waals surface area contributed by atoms with Gasteiger partial charge < -0.3 is 15.1 Å². The van der Waals surface area contributed by atoms with Crippen LogP contribution in [0.4, 0.5) is 21.6 Å². The number of anilines is 2. The highest BCUT2D eigenvalue weighted by molar-refractivity contribution is 6.31. The van der Waals surface area contributed by atoms with Crippen LogP contribution >= 0.6 is 11.6 Å². The van der Waals surface area contributed by atoms with Crippen molar-refractivity contribution in [1.82, 2.24) is 19.8 Å². The molecule has 31 heavy (non-hydrogen) atoms. The van der Waals surface area contributed by atoms with E-state index in [-0.39, 0.29) is 15.6 Å². The van der Waals surface area contributed by atoms with Gasteiger partial charge in [-0.3, -0.25) is 10.1 Å². The smallest absolute Gasteiger partial charge is 0.273 e. The second-order valence-electron chi connectivity index (χ2n) is 7.63. The van der Waals surface area contributed by atoms with Gasteiger partial charge in [-0.25, -0.2) is 14.4 Å². The third-order valence-corrected chi connectivity index (χ3v) is 5.80. The lowest BCUT2D eigenvalue weighted by Gasteiger charge is -2.32. The molecule has 0 unspecified atom stereocenters. The zero-order chi connectivity index (χ0) is 22.0. The van der Waals surface area contributed by atoms with Crippen LogP contribution in [0.15, 0.2) is 36.7 Å².